The number of sulfonamides is 1. The predicted octanol–water partition coefficient (Wildman–Crippen LogP) is 2.36. The fraction of sp³-hybridized carbons (Fsp3) is 0.455. The van der Waals surface area contributed by atoms with Gasteiger partial charge in [0.2, 0.25) is 21.8 Å². The first-order valence-corrected chi connectivity index (χ1v) is 12.2. The van der Waals surface area contributed by atoms with Crippen LogP contribution in [0.5, 0.6) is 17.4 Å². The Kier molecular flexibility index (Phi) is 9.28. The Balaban J connectivity index is 1.36. The SMILES string of the molecule is COCCOc1ncccc1NC(=O)CCCCCNS(=O)(=O)c1ccc2c(c1)OCCO2. The van der Waals surface area contributed by atoms with Crippen molar-refractivity contribution in [2.45, 2.75) is 30.6 Å². The van der Waals surface area contributed by atoms with Crippen LogP contribution in [0, 0.1) is 0 Å². The molecule has 1 aliphatic heterocycles. The van der Waals surface area contributed by atoms with Gasteiger partial charge >= 0.3 is 0 Å². The van der Waals surface area contributed by atoms with E-state index < -0.39 is 10.0 Å². The number of pyridine rings is 1. The van der Waals surface area contributed by atoms with E-state index in [-0.39, 0.29) is 17.3 Å². The van der Waals surface area contributed by atoms with Crippen molar-refractivity contribution in [1.82, 2.24) is 9.71 Å². The number of unbranched alkanes of at least 4 members (excludes halogenated alkanes) is 2. The van der Waals surface area contributed by atoms with Crippen molar-refractivity contribution in [3.63, 3.8) is 0 Å². The molecule has 0 radical (unpaired) electrons. The summed E-state index contributed by atoms with van der Waals surface area (Å²) >= 11 is 0. The minimum atomic E-state index is -3.65. The number of anilines is 1. The van der Waals surface area contributed by atoms with Crippen molar-refractivity contribution < 1.29 is 32.2 Å². The average molecular weight is 480 g/mol. The predicted molar refractivity (Wildman–Crippen MR) is 121 cm³/mol. The first kappa shape index (κ1) is 24.7. The first-order chi connectivity index (χ1) is 16.0. The van der Waals surface area contributed by atoms with Crippen LogP contribution in [-0.2, 0) is 19.6 Å². The number of ether oxygens (including phenoxy) is 4. The summed E-state index contributed by atoms with van der Waals surface area (Å²) in [7, 11) is -2.07. The largest absolute Gasteiger partial charge is 0.486 e. The molecule has 1 aliphatic rings. The number of nitrogens with zero attached hydrogens (tertiary/aromatic N) is 1. The van der Waals surface area contributed by atoms with E-state index in [1.54, 1.807) is 31.5 Å². The van der Waals surface area contributed by atoms with E-state index in [1.165, 1.54) is 12.1 Å². The first-order valence-electron chi connectivity index (χ1n) is 10.8. The summed E-state index contributed by atoms with van der Waals surface area (Å²) in [6, 6.07) is 7.99. The van der Waals surface area contributed by atoms with Gasteiger partial charge < -0.3 is 24.3 Å². The second-order valence-corrected chi connectivity index (χ2v) is 9.03. The lowest BCUT2D eigenvalue weighted by molar-refractivity contribution is -0.116. The molecule has 0 saturated carbocycles. The van der Waals surface area contributed by atoms with Crippen LogP contribution in [0.1, 0.15) is 25.7 Å². The normalized spacial score (nSPS) is 12.9. The van der Waals surface area contributed by atoms with Crippen molar-refractivity contribution in [2.75, 3.05) is 45.4 Å². The number of carbonyl (C=O) groups is 1. The number of amides is 1. The van der Waals surface area contributed by atoms with E-state index >= 15 is 0 Å². The maximum absolute atomic E-state index is 12.5. The fourth-order valence-electron chi connectivity index (χ4n) is 3.10. The summed E-state index contributed by atoms with van der Waals surface area (Å²) in [5.41, 5.74) is 0.505. The molecular formula is C22H29N3O7S. The minimum Gasteiger partial charge on any atom is -0.486 e. The molecule has 1 aromatic heterocycles. The summed E-state index contributed by atoms with van der Waals surface area (Å²) in [6.45, 7) is 1.86. The van der Waals surface area contributed by atoms with Gasteiger partial charge in [-0.25, -0.2) is 18.1 Å². The zero-order valence-electron chi connectivity index (χ0n) is 18.5. The standard InChI is InChI=1S/C22H29N3O7S/c1-29-12-13-32-22-18(6-5-10-23-22)25-21(26)7-3-2-4-11-24-33(27,28)17-8-9-19-20(16-17)31-15-14-30-19/h5-6,8-10,16,24H,2-4,7,11-15H2,1H3,(H,25,26). The van der Waals surface area contributed by atoms with Gasteiger partial charge in [-0.05, 0) is 37.1 Å². The smallest absolute Gasteiger partial charge is 0.240 e. The highest BCUT2D eigenvalue weighted by Gasteiger charge is 2.19. The van der Waals surface area contributed by atoms with E-state index in [9.17, 15) is 13.2 Å². The molecule has 0 unspecified atom stereocenters. The van der Waals surface area contributed by atoms with Crippen LogP contribution in [0.25, 0.3) is 0 Å². The van der Waals surface area contributed by atoms with Crippen molar-refractivity contribution in [3.8, 4) is 17.4 Å². The lowest BCUT2D eigenvalue weighted by Gasteiger charge is -2.18. The number of benzene rings is 1. The van der Waals surface area contributed by atoms with Crippen LogP contribution in [0.15, 0.2) is 41.4 Å². The molecule has 0 fully saturated rings. The molecule has 0 atom stereocenters. The average Bonchev–Trinajstić information content (AvgIpc) is 2.82. The third kappa shape index (κ3) is 7.58. The van der Waals surface area contributed by atoms with Gasteiger partial charge in [0.25, 0.3) is 0 Å². The molecule has 2 heterocycles. The van der Waals surface area contributed by atoms with E-state index in [0.29, 0.717) is 75.2 Å². The molecule has 2 aromatic rings. The fourth-order valence-corrected chi connectivity index (χ4v) is 4.19. The van der Waals surface area contributed by atoms with E-state index in [1.807, 2.05) is 0 Å². The molecule has 2 N–H and O–H groups in total. The highest BCUT2D eigenvalue weighted by Crippen LogP contribution is 2.32. The number of fused-ring (bicyclic) bond motifs is 1. The molecular weight excluding hydrogens is 450 g/mol. The number of methoxy groups -OCH3 is 1. The Bertz CT molecular complexity index is 1030. The van der Waals surface area contributed by atoms with Gasteiger partial charge in [0.05, 0.1) is 11.5 Å². The third-order valence-electron chi connectivity index (χ3n) is 4.77. The van der Waals surface area contributed by atoms with Gasteiger partial charge in [-0.15, -0.1) is 0 Å². The molecule has 11 heteroatoms. The Morgan fingerprint density at radius 2 is 1.91 bits per heavy atom. The van der Waals surface area contributed by atoms with Crippen molar-refractivity contribution in [1.29, 1.82) is 0 Å². The molecule has 1 amide bonds. The van der Waals surface area contributed by atoms with Gasteiger partial charge in [-0.1, -0.05) is 6.42 Å². The van der Waals surface area contributed by atoms with Crippen molar-refractivity contribution >= 4 is 21.6 Å². The molecule has 33 heavy (non-hydrogen) atoms. The summed E-state index contributed by atoms with van der Waals surface area (Å²) in [4.78, 5) is 16.5. The van der Waals surface area contributed by atoms with Gasteiger partial charge in [0, 0.05) is 32.3 Å². The number of aromatic nitrogens is 1. The Morgan fingerprint density at radius 1 is 1.09 bits per heavy atom. The summed E-state index contributed by atoms with van der Waals surface area (Å²) in [6.07, 6.45) is 3.82. The van der Waals surface area contributed by atoms with Crippen molar-refractivity contribution in [3.05, 3.63) is 36.5 Å². The van der Waals surface area contributed by atoms with E-state index in [4.69, 9.17) is 18.9 Å². The van der Waals surface area contributed by atoms with Gasteiger partial charge in [0.1, 0.15) is 25.5 Å². The Labute approximate surface area is 193 Å². The monoisotopic (exact) mass is 479 g/mol. The van der Waals surface area contributed by atoms with Gasteiger partial charge in [0.15, 0.2) is 11.5 Å². The summed E-state index contributed by atoms with van der Waals surface area (Å²) < 4.78 is 48.9. The molecule has 1 aromatic carbocycles. The number of hydrogen-bond acceptors (Lipinski definition) is 8. The molecule has 10 nitrogen and oxygen atoms in total. The lowest BCUT2D eigenvalue weighted by Crippen LogP contribution is -2.25. The van der Waals surface area contributed by atoms with Gasteiger partial charge in [-0.2, -0.15) is 0 Å². The van der Waals surface area contributed by atoms with Crippen molar-refractivity contribution in [2.24, 2.45) is 0 Å². The molecule has 180 valence electrons. The maximum Gasteiger partial charge on any atom is 0.240 e. The second-order valence-electron chi connectivity index (χ2n) is 7.26. The Hall–Kier alpha value is -2.89. The number of rotatable bonds is 13. The van der Waals surface area contributed by atoms with Gasteiger partial charge in [-0.3, -0.25) is 4.79 Å². The van der Waals surface area contributed by atoms with Crippen LogP contribution in [0.3, 0.4) is 0 Å². The minimum absolute atomic E-state index is 0.131. The van der Waals surface area contributed by atoms with Crippen LogP contribution >= 0.6 is 0 Å². The number of nitrogens with one attached hydrogen (secondary N) is 2. The van der Waals surface area contributed by atoms with Crippen LogP contribution in [0.2, 0.25) is 0 Å². The second kappa shape index (κ2) is 12.4. The van der Waals surface area contributed by atoms with Crippen LogP contribution in [0.4, 0.5) is 5.69 Å². The van der Waals surface area contributed by atoms with E-state index in [2.05, 4.69) is 15.0 Å². The zero-order valence-corrected chi connectivity index (χ0v) is 19.4. The maximum atomic E-state index is 12.5. The quantitative estimate of drug-likeness (QED) is 0.420. The van der Waals surface area contributed by atoms with Crippen LogP contribution < -0.4 is 24.2 Å². The van der Waals surface area contributed by atoms with Crippen LogP contribution in [-0.4, -0.2) is 59.4 Å². The topological polar surface area (TPSA) is 125 Å². The zero-order chi connectivity index (χ0) is 23.5. The summed E-state index contributed by atoms with van der Waals surface area (Å²) in [5, 5.41) is 2.80. The Morgan fingerprint density at radius 3 is 2.73 bits per heavy atom. The van der Waals surface area contributed by atoms with E-state index in [0.717, 1.165) is 0 Å². The molecule has 0 saturated heterocycles. The molecule has 0 spiro atoms. The molecule has 3 rings (SSSR count). The third-order valence-corrected chi connectivity index (χ3v) is 6.23. The number of hydrogen-bond donors (Lipinski definition) is 2. The summed E-state index contributed by atoms with van der Waals surface area (Å²) in [5.74, 6) is 1.15. The highest BCUT2D eigenvalue weighted by atomic mass is 32.2. The lowest BCUT2D eigenvalue weighted by atomic mass is 10.2. The number of carbonyl (C=O) groups excluding carboxylic acids is 1. The highest BCUT2D eigenvalue weighted by molar-refractivity contribution is 7.89. The molecule has 0 aliphatic carbocycles. The molecule has 0 bridgehead atoms.